The smallest absolute Gasteiger partial charge is 0.281 e. The van der Waals surface area contributed by atoms with Crippen LogP contribution in [0.25, 0.3) is 11.0 Å². The fourth-order valence-electron chi connectivity index (χ4n) is 2.72. The van der Waals surface area contributed by atoms with Crippen molar-refractivity contribution in [3.8, 4) is 5.75 Å². The average molecular weight is 356 g/mol. The Balaban J connectivity index is 1.69. The Bertz CT molecular complexity index is 1000. The van der Waals surface area contributed by atoms with Gasteiger partial charge in [-0.25, -0.2) is 9.37 Å². The molecule has 1 aromatic carbocycles. The topological polar surface area (TPSA) is 81.6 Å². The van der Waals surface area contributed by atoms with E-state index in [1.807, 2.05) is 0 Å². The summed E-state index contributed by atoms with van der Waals surface area (Å²) in [5.41, 5.74) is 1.49. The number of aromatic amines is 1. The van der Waals surface area contributed by atoms with Crippen molar-refractivity contribution in [1.29, 1.82) is 0 Å². The molecule has 2 aromatic heterocycles. The summed E-state index contributed by atoms with van der Waals surface area (Å²) in [6.07, 6.45) is 3.23. The minimum Gasteiger partial charge on any atom is -0.506 e. The van der Waals surface area contributed by atoms with Crippen molar-refractivity contribution < 1.29 is 14.3 Å². The predicted octanol–water partition coefficient (Wildman–Crippen LogP) is 3.16. The fourth-order valence-corrected chi connectivity index (χ4v) is 3.67. The van der Waals surface area contributed by atoms with Crippen LogP contribution in [0.15, 0.2) is 47.7 Å². The maximum Gasteiger partial charge on any atom is 0.281 e. The van der Waals surface area contributed by atoms with Crippen LogP contribution >= 0.6 is 11.8 Å². The number of aliphatic imine (C=N–C) groups is 1. The molecule has 0 spiro atoms. The number of aromatic nitrogens is 2. The van der Waals surface area contributed by atoms with Crippen molar-refractivity contribution in [3.05, 3.63) is 54.1 Å². The van der Waals surface area contributed by atoms with Gasteiger partial charge in [0.2, 0.25) is 0 Å². The number of phenols is 1. The molecule has 0 saturated carbocycles. The summed E-state index contributed by atoms with van der Waals surface area (Å²) in [6.45, 7) is 0.575. The van der Waals surface area contributed by atoms with E-state index in [1.54, 1.807) is 29.4 Å². The van der Waals surface area contributed by atoms with Crippen LogP contribution < -0.4 is 4.90 Å². The van der Waals surface area contributed by atoms with Gasteiger partial charge in [0.15, 0.2) is 5.17 Å². The van der Waals surface area contributed by atoms with Gasteiger partial charge >= 0.3 is 0 Å². The molecule has 0 aliphatic carbocycles. The SMILES string of the molecule is O=C(/N=C1\SCCN1c1ccc(F)cc1O)c1c[nH]c2ncccc12. The number of nitrogens with zero attached hydrogens (tertiary/aromatic N) is 3. The van der Waals surface area contributed by atoms with E-state index in [-0.39, 0.29) is 5.75 Å². The van der Waals surface area contributed by atoms with Gasteiger partial charge < -0.3 is 15.0 Å². The maximum absolute atomic E-state index is 13.2. The summed E-state index contributed by atoms with van der Waals surface area (Å²) in [7, 11) is 0. The van der Waals surface area contributed by atoms with Crippen molar-refractivity contribution in [2.75, 3.05) is 17.2 Å². The molecule has 1 aliphatic heterocycles. The number of amidine groups is 1. The van der Waals surface area contributed by atoms with Gasteiger partial charge in [0, 0.05) is 36.1 Å². The number of rotatable bonds is 2. The molecular formula is C17H13FN4O2S. The zero-order valence-electron chi connectivity index (χ0n) is 12.9. The Morgan fingerprint density at radius 2 is 2.28 bits per heavy atom. The number of thioether (sulfide) groups is 1. The molecule has 4 rings (SSSR count). The number of aromatic hydroxyl groups is 1. The molecule has 1 saturated heterocycles. The lowest BCUT2D eigenvalue weighted by Crippen LogP contribution is -2.24. The number of halogens is 1. The van der Waals surface area contributed by atoms with Crippen molar-refractivity contribution in [2.45, 2.75) is 0 Å². The predicted molar refractivity (Wildman–Crippen MR) is 95.7 cm³/mol. The molecule has 0 unspecified atom stereocenters. The Labute approximate surface area is 146 Å². The Kier molecular flexibility index (Phi) is 3.89. The van der Waals surface area contributed by atoms with Gasteiger partial charge in [-0.15, -0.1) is 0 Å². The molecule has 25 heavy (non-hydrogen) atoms. The normalized spacial score (nSPS) is 16.0. The van der Waals surface area contributed by atoms with E-state index in [9.17, 15) is 14.3 Å². The molecule has 8 heteroatoms. The van der Waals surface area contributed by atoms with Gasteiger partial charge in [-0.3, -0.25) is 4.79 Å². The van der Waals surface area contributed by atoms with E-state index in [0.717, 1.165) is 11.8 Å². The number of hydrogen-bond acceptors (Lipinski definition) is 4. The van der Waals surface area contributed by atoms with Crippen molar-refractivity contribution in [1.82, 2.24) is 9.97 Å². The molecule has 3 heterocycles. The van der Waals surface area contributed by atoms with Crippen molar-refractivity contribution in [3.63, 3.8) is 0 Å². The molecule has 6 nitrogen and oxygen atoms in total. The number of carbonyl (C=O) groups excluding carboxylic acids is 1. The van der Waals surface area contributed by atoms with E-state index in [0.29, 0.717) is 34.0 Å². The molecule has 0 atom stereocenters. The lowest BCUT2D eigenvalue weighted by molar-refractivity contribution is 0.100. The number of amides is 1. The van der Waals surface area contributed by atoms with E-state index < -0.39 is 11.7 Å². The van der Waals surface area contributed by atoms with Gasteiger partial charge in [0.1, 0.15) is 17.2 Å². The molecule has 2 N–H and O–H groups in total. The second-order valence-corrected chi connectivity index (χ2v) is 6.50. The fraction of sp³-hybridized carbons (Fsp3) is 0.118. The first-order chi connectivity index (χ1) is 12.1. The highest BCUT2D eigenvalue weighted by atomic mass is 32.2. The minimum absolute atomic E-state index is 0.182. The number of hydrogen-bond donors (Lipinski definition) is 2. The molecule has 3 aromatic rings. The standard InChI is InChI=1S/C17H13FN4O2S/c18-10-3-4-13(14(23)8-10)22-6-7-25-17(22)21-16(24)12-9-20-15-11(12)2-1-5-19-15/h1-5,8-9,23H,6-7H2,(H,19,20)/b21-17-. The third kappa shape index (κ3) is 2.85. The average Bonchev–Trinajstić information content (AvgIpc) is 3.21. The third-order valence-corrected chi connectivity index (χ3v) is 4.84. The van der Waals surface area contributed by atoms with Crippen LogP contribution in [-0.4, -0.2) is 38.4 Å². The van der Waals surface area contributed by atoms with Crippen LogP contribution in [0.3, 0.4) is 0 Å². The van der Waals surface area contributed by atoms with E-state index in [4.69, 9.17) is 0 Å². The molecule has 0 radical (unpaired) electrons. The largest absolute Gasteiger partial charge is 0.506 e. The number of benzene rings is 1. The Morgan fingerprint density at radius 1 is 1.40 bits per heavy atom. The van der Waals surface area contributed by atoms with Crippen LogP contribution in [0.2, 0.25) is 0 Å². The number of H-pyrrole nitrogens is 1. The van der Waals surface area contributed by atoms with Crippen LogP contribution in [0.5, 0.6) is 5.75 Å². The van der Waals surface area contributed by atoms with E-state index >= 15 is 0 Å². The van der Waals surface area contributed by atoms with Crippen LogP contribution in [0, 0.1) is 5.82 Å². The van der Waals surface area contributed by atoms with Crippen LogP contribution in [-0.2, 0) is 0 Å². The van der Waals surface area contributed by atoms with Crippen molar-refractivity contribution >= 4 is 39.6 Å². The summed E-state index contributed by atoms with van der Waals surface area (Å²) in [4.78, 5) is 25.6. The molecule has 0 bridgehead atoms. The highest BCUT2D eigenvalue weighted by molar-refractivity contribution is 8.14. The van der Waals surface area contributed by atoms with E-state index in [1.165, 1.54) is 23.9 Å². The van der Waals surface area contributed by atoms with Gasteiger partial charge in [0.05, 0.1) is 11.3 Å². The molecule has 1 amide bonds. The third-order valence-electron chi connectivity index (χ3n) is 3.88. The number of nitrogens with one attached hydrogen (secondary N) is 1. The number of pyridine rings is 1. The zero-order chi connectivity index (χ0) is 17.4. The quantitative estimate of drug-likeness (QED) is 0.737. The van der Waals surface area contributed by atoms with Crippen LogP contribution in [0.1, 0.15) is 10.4 Å². The molecule has 1 aliphatic rings. The Morgan fingerprint density at radius 3 is 3.12 bits per heavy atom. The van der Waals surface area contributed by atoms with Gasteiger partial charge in [-0.05, 0) is 24.3 Å². The highest BCUT2D eigenvalue weighted by Gasteiger charge is 2.25. The number of carbonyl (C=O) groups is 1. The maximum atomic E-state index is 13.2. The van der Waals surface area contributed by atoms with Crippen LogP contribution in [0.4, 0.5) is 10.1 Å². The second kappa shape index (κ2) is 6.21. The zero-order valence-corrected chi connectivity index (χ0v) is 13.8. The second-order valence-electron chi connectivity index (χ2n) is 5.43. The number of phenolic OH excluding ortho intramolecular Hbond substituents is 1. The first-order valence-electron chi connectivity index (χ1n) is 7.57. The number of anilines is 1. The lowest BCUT2D eigenvalue weighted by Gasteiger charge is -2.18. The summed E-state index contributed by atoms with van der Waals surface area (Å²) in [6, 6.07) is 7.35. The number of fused-ring (bicyclic) bond motifs is 1. The molecule has 1 fully saturated rings. The first kappa shape index (κ1) is 15.6. The molecule has 126 valence electrons. The molecular weight excluding hydrogens is 343 g/mol. The van der Waals surface area contributed by atoms with Crippen molar-refractivity contribution in [2.24, 2.45) is 4.99 Å². The minimum atomic E-state index is -0.519. The monoisotopic (exact) mass is 356 g/mol. The summed E-state index contributed by atoms with van der Waals surface area (Å²) >= 11 is 1.41. The summed E-state index contributed by atoms with van der Waals surface area (Å²) in [5, 5.41) is 11.2. The highest BCUT2D eigenvalue weighted by Crippen LogP contribution is 2.33. The summed E-state index contributed by atoms with van der Waals surface area (Å²) in [5.74, 6) is -0.374. The first-order valence-corrected chi connectivity index (χ1v) is 8.56. The van der Waals surface area contributed by atoms with Gasteiger partial charge in [-0.1, -0.05) is 11.8 Å². The summed E-state index contributed by atoms with van der Waals surface area (Å²) < 4.78 is 13.2. The lowest BCUT2D eigenvalue weighted by atomic mass is 10.2. The Hall–Kier alpha value is -2.87. The van der Waals surface area contributed by atoms with Gasteiger partial charge in [-0.2, -0.15) is 4.99 Å². The van der Waals surface area contributed by atoms with E-state index in [2.05, 4.69) is 15.0 Å². The van der Waals surface area contributed by atoms with Gasteiger partial charge in [0.25, 0.3) is 5.91 Å².